The number of hydrogen-bond donors (Lipinski definition) is 0. The Morgan fingerprint density at radius 3 is 1.32 bits per heavy atom. The van der Waals surface area contributed by atoms with E-state index in [4.69, 9.17) is 8.85 Å². The Bertz CT molecular complexity index is 957. The zero-order valence-corrected chi connectivity index (χ0v) is 15.4. The maximum absolute atomic E-state index is 6.07. The van der Waals surface area contributed by atoms with Gasteiger partial charge in [-0.15, -0.1) is 0 Å². The fourth-order valence-electron chi connectivity index (χ4n) is 3.51. The summed E-state index contributed by atoms with van der Waals surface area (Å²) in [5.74, 6) is 0. The average molecular weight is 344 g/mol. The van der Waals surface area contributed by atoms with Crippen molar-refractivity contribution in [1.29, 1.82) is 0 Å². The first-order valence-electron chi connectivity index (χ1n) is 8.36. The average Bonchev–Trinajstić information content (AvgIpc) is 2.69. The van der Waals surface area contributed by atoms with Crippen molar-refractivity contribution in [2.75, 3.05) is 14.2 Å². The van der Waals surface area contributed by atoms with Crippen molar-refractivity contribution in [3.05, 3.63) is 84.9 Å². The van der Waals surface area contributed by atoms with Crippen LogP contribution < -0.4 is 10.4 Å². The predicted octanol–water partition coefficient (Wildman–Crippen LogP) is 3.84. The molecule has 0 aliphatic heterocycles. The van der Waals surface area contributed by atoms with E-state index in [0.717, 1.165) is 10.4 Å². The molecule has 3 heteroatoms. The Morgan fingerprint density at radius 1 is 0.520 bits per heavy atom. The molecule has 0 amide bonds. The predicted molar refractivity (Wildman–Crippen MR) is 107 cm³/mol. The van der Waals surface area contributed by atoms with E-state index in [2.05, 4.69) is 84.9 Å². The van der Waals surface area contributed by atoms with E-state index in [-0.39, 0.29) is 0 Å². The van der Waals surface area contributed by atoms with Crippen LogP contribution >= 0.6 is 0 Å². The van der Waals surface area contributed by atoms with Gasteiger partial charge in [-0.25, -0.2) is 0 Å². The van der Waals surface area contributed by atoms with Crippen LogP contribution in [0.4, 0.5) is 0 Å². The standard InChI is InChI=1S/C22H20O2Si/c1-23-25(24-2,21-13-11-17-7-3-5-9-19(17)15-21)22-14-12-18-8-4-6-10-20(18)16-22/h3-16H,1-2H3. The second kappa shape index (κ2) is 6.45. The molecule has 124 valence electrons. The minimum absolute atomic E-state index is 1.12. The van der Waals surface area contributed by atoms with Crippen LogP contribution in [0.2, 0.25) is 0 Å². The van der Waals surface area contributed by atoms with Crippen LogP contribution in [0.1, 0.15) is 0 Å². The minimum Gasteiger partial charge on any atom is -0.391 e. The van der Waals surface area contributed by atoms with E-state index in [9.17, 15) is 0 Å². The summed E-state index contributed by atoms with van der Waals surface area (Å²) in [6, 6.07) is 29.7. The maximum Gasteiger partial charge on any atom is 0.406 e. The summed E-state index contributed by atoms with van der Waals surface area (Å²) in [5, 5.41) is 7.08. The number of hydrogen-bond acceptors (Lipinski definition) is 2. The Balaban J connectivity index is 1.92. The fraction of sp³-hybridized carbons (Fsp3) is 0.0909. The molecule has 0 atom stereocenters. The van der Waals surface area contributed by atoms with Gasteiger partial charge in [0.25, 0.3) is 0 Å². The zero-order chi connectivity index (χ0) is 17.3. The van der Waals surface area contributed by atoms with E-state index in [1.165, 1.54) is 21.5 Å². The summed E-state index contributed by atoms with van der Waals surface area (Å²) in [5.41, 5.74) is 0. The van der Waals surface area contributed by atoms with Gasteiger partial charge in [0.05, 0.1) is 0 Å². The molecule has 0 heterocycles. The molecule has 4 aromatic carbocycles. The Kier molecular flexibility index (Phi) is 4.13. The monoisotopic (exact) mass is 344 g/mol. The summed E-state index contributed by atoms with van der Waals surface area (Å²) in [4.78, 5) is 0. The molecular weight excluding hydrogens is 324 g/mol. The van der Waals surface area contributed by atoms with E-state index < -0.39 is 8.56 Å². The summed E-state index contributed by atoms with van der Waals surface area (Å²) < 4.78 is 12.1. The Hall–Kier alpha value is -2.46. The lowest BCUT2D eigenvalue weighted by Gasteiger charge is -2.28. The molecule has 0 radical (unpaired) electrons. The molecular formula is C22H20O2Si. The van der Waals surface area contributed by atoms with Gasteiger partial charge in [0, 0.05) is 14.2 Å². The van der Waals surface area contributed by atoms with E-state index in [1.54, 1.807) is 14.2 Å². The topological polar surface area (TPSA) is 18.5 Å². The van der Waals surface area contributed by atoms with Crippen molar-refractivity contribution in [3.8, 4) is 0 Å². The summed E-state index contributed by atoms with van der Waals surface area (Å²) in [7, 11) is 0.770. The lowest BCUT2D eigenvalue weighted by molar-refractivity contribution is 0.273. The number of benzene rings is 4. The van der Waals surface area contributed by atoms with E-state index in [0.29, 0.717) is 0 Å². The third-order valence-corrected chi connectivity index (χ3v) is 8.13. The van der Waals surface area contributed by atoms with Crippen LogP contribution in [0.3, 0.4) is 0 Å². The summed E-state index contributed by atoms with van der Waals surface area (Å²) >= 11 is 0. The first-order chi connectivity index (χ1) is 12.3. The second-order valence-electron chi connectivity index (χ2n) is 6.15. The first kappa shape index (κ1) is 16.0. The molecule has 0 spiro atoms. The normalized spacial score (nSPS) is 11.9. The highest BCUT2D eigenvalue weighted by Gasteiger charge is 2.41. The van der Waals surface area contributed by atoms with Crippen LogP contribution in [-0.4, -0.2) is 22.8 Å². The summed E-state index contributed by atoms with van der Waals surface area (Å²) in [6.45, 7) is 0. The van der Waals surface area contributed by atoms with Gasteiger partial charge in [-0.1, -0.05) is 84.9 Å². The molecule has 2 nitrogen and oxygen atoms in total. The molecule has 4 rings (SSSR count). The third-order valence-electron chi connectivity index (χ3n) is 4.83. The van der Waals surface area contributed by atoms with E-state index in [1.807, 2.05) is 0 Å². The van der Waals surface area contributed by atoms with Crippen LogP contribution in [-0.2, 0) is 8.85 Å². The summed E-state index contributed by atoms with van der Waals surface area (Å²) in [6.07, 6.45) is 0. The van der Waals surface area contributed by atoms with Gasteiger partial charge in [-0.05, 0) is 31.9 Å². The lowest BCUT2D eigenvalue weighted by atomic mass is 10.1. The molecule has 0 saturated carbocycles. The van der Waals surface area contributed by atoms with Gasteiger partial charge in [-0.3, -0.25) is 0 Å². The molecule has 0 aliphatic rings. The molecule has 0 fully saturated rings. The molecule has 25 heavy (non-hydrogen) atoms. The quantitative estimate of drug-likeness (QED) is 0.524. The van der Waals surface area contributed by atoms with Gasteiger partial charge in [-0.2, -0.15) is 0 Å². The Labute approximate surface area is 148 Å². The van der Waals surface area contributed by atoms with Crippen molar-refractivity contribution in [3.63, 3.8) is 0 Å². The zero-order valence-electron chi connectivity index (χ0n) is 14.4. The number of fused-ring (bicyclic) bond motifs is 2. The Morgan fingerprint density at radius 2 is 0.920 bits per heavy atom. The smallest absolute Gasteiger partial charge is 0.391 e. The van der Waals surface area contributed by atoms with Crippen molar-refractivity contribution >= 4 is 40.5 Å². The largest absolute Gasteiger partial charge is 0.406 e. The van der Waals surface area contributed by atoms with Gasteiger partial charge < -0.3 is 8.85 Å². The highest BCUT2D eigenvalue weighted by Crippen LogP contribution is 2.18. The van der Waals surface area contributed by atoms with Crippen LogP contribution in [0, 0.1) is 0 Å². The van der Waals surface area contributed by atoms with Crippen LogP contribution in [0.5, 0.6) is 0 Å². The first-order valence-corrected chi connectivity index (χ1v) is 10.2. The maximum atomic E-state index is 6.07. The van der Waals surface area contributed by atoms with Crippen molar-refractivity contribution < 1.29 is 8.85 Å². The van der Waals surface area contributed by atoms with Gasteiger partial charge in [0.2, 0.25) is 0 Å². The van der Waals surface area contributed by atoms with Crippen LogP contribution in [0.15, 0.2) is 84.9 Å². The molecule has 0 aromatic heterocycles. The van der Waals surface area contributed by atoms with Crippen molar-refractivity contribution in [2.24, 2.45) is 0 Å². The van der Waals surface area contributed by atoms with Crippen molar-refractivity contribution in [2.45, 2.75) is 0 Å². The van der Waals surface area contributed by atoms with Crippen molar-refractivity contribution in [1.82, 2.24) is 0 Å². The molecule has 0 aliphatic carbocycles. The second-order valence-corrected chi connectivity index (χ2v) is 9.35. The molecule has 4 aromatic rings. The SMILES string of the molecule is CO[Si](OC)(c1ccc2ccccc2c1)c1ccc2ccccc2c1. The van der Waals surface area contributed by atoms with Crippen LogP contribution in [0.25, 0.3) is 21.5 Å². The van der Waals surface area contributed by atoms with Gasteiger partial charge in [0.15, 0.2) is 0 Å². The minimum atomic E-state index is -2.73. The highest BCUT2D eigenvalue weighted by molar-refractivity contribution is 6.92. The van der Waals surface area contributed by atoms with Gasteiger partial charge in [0.1, 0.15) is 0 Å². The fourth-order valence-corrected chi connectivity index (χ4v) is 6.25. The van der Waals surface area contributed by atoms with E-state index >= 15 is 0 Å². The highest BCUT2D eigenvalue weighted by atomic mass is 28.4. The molecule has 0 unspecified atom stereocenters. The molecule has 0 bridgehead atoms. The van der Waals surface area contributed by atoms with Gasteiger partial charge >= 0.3 is 8.56 Å². The third kappa shape index (κ3) is 2.67. The molecule has 0 saturated heterocycles. The molecule has 0 N–H and O–H groups in total. The lowest BCUT2D eigenvalue weighted by Crippen LogP contribution is -2.62. The number of rotatable bonds is 4.